The molecule has 3 rings (SSSR count). The molecule has 1 aromatic heterocycles. The van der Waals surface area contributed by atoms with Crippen LogP contribution < -0.4 is 0 Å². The monoisotopic (exact) mass is 299 g/mol. The average Bonchev–Trinajstić information content (AvgIpc) is 3.11. The molecule has 1 atom stereocenters. The minimum Gasteiger partial charge on any atom is -0.206 e. The molecule has 5 heteroatoms. The van der Waals surface area contributed by atoms with Crippen LogP contribution >= 0.6 is 11.3 Å². The molecule has 0 N–H and O–H groups in total. The molecular formula is C14H21NO2S2. The molecule has 1 saturated heterocycles. The fourth-order valence-electron chi connectivity index (χ4n) is 3.77. The number of hydrogen-bond acceptors (Lipinski definition) is 3. The van der Waals surface area contributed by atoms with Crippen LogP contribution in [-0.2, 0) is 10.0 Å². The molecule has 1 aliphatic carbocycles. The summed E-state index contributed by atoms with van der Waals surface area (Å²) in [5.74, 6) is 0. The predicted molar refractivity (Wildman–Crippen MR) is 77.8 cm³/mol. The molecule has 0 amide bonds. The van der Waals surface area contributed by atoms with Crippen LogP contribution in [0.1, 0.15) is 45.4 Å². The van der Waals surface area contributed by atoms with Gasteiger partial charge in [-0.15, -0.1) is 11.3 Å². The van der Waals surface area contributed by atoms with Gasteiger partial charge >= 0.3 is 0 Å². The van der Waals surface area contributed by atoms with Crippen molar-refractivity contribution >= 4 is 21.4 Å². The van der Waals surface area contributed by atoms with E-state index < -0.39 is 10.0 Å². The van der Waals surface area contributed by atoms with E-state index in [4.69, 9.17) is 0 Å². The third-order valence-electron chi connectivity index (χ3n) is 4.76. The Hall–Kier alpha value is -0.390. The van der Waals surface area contributed by atoms with Gasteiger partial charge in [0.2, 0.25) is 0 Å². The van der Waals surface area contributed by atoms with Crippen molar-refractivity contribution in [3.05, 3.63) is 17.5 Å². The number of thiophene rings is 1. The van der Waals surface area contributed by atoms with Crippen molar-refractivity contribution < 1.29 is 8.42 Å². The van der Waals surface area contributed by atoms with E-state index >= 15 is 0 Å². The van der Waals surface area contributed by atoms with E-state index in [2.05, 4.69) is 6.92 Å². The number of sulfonamides is 1. The number of rotatable bonds is 3. The lowest BCUT2D eigenvalue weighted by atomic mass is 9.83. The lowest BCUT2D eigenvalue weighted by Gasteiger charge is -2.23. The summed E-state index contributed by atoms with van der Waals surface area (Å²) in [6.45, 7) is 2.85. The first-order chi connectivity index (χ1) is 9.07. The normalized spacial score (nSPS) is 27.3. The zero-order valence-corrected chi connectivity index (χ0v) is 13.0. The molecular weight excluding hydrogens is 278 g/mol. The zero-order valence-electron chi connectivity index (χ0n) is 11.3. The van der Waals surface area contributed by atoms with E-state index in [1.807, 2.05) is 11.4 Å². The Morgan fingerprint density at radius 1 is 1.42 bits per heavy atom. The first-order valence-electron chi connectivity index (χ1n) is 7.13. The van der Waals surface area contributed by atoms with Gasteiger partial charge in [-0.25, -0.2) is 8.42 Å². The van der Waals surface area contributed by atoms with Gasteiger partial charge in [0.15, 0.2) is 0 Å². The van der Waals surface area contributed by atoms with Crippen LogP contribution in [0.15, 0.2) is 21.7 Å². The van der Waals surface area contributed by atoms with Gasteiger partial charge < -0.3 is 0 Å². The second kappa shape index (κ2) is 4.86. The highest BCUT2D eigenvalue weighted by Gasteiger charge is 2.49. The minimum atomic E-state index is -3.27. The summed E-state index contributed by atoms with van der Waals surface area (Å²) in [5, 5.41) is 1.84. The maximum Gasteiger partial charge on any atom is 0.252 e. The fraction of sp³-hybridized carbons (Fsp3) is 0.714. The first kappa shape index (κ1) is 13.6. The molecule has 0 aromatic carbocycles. The van der Waals surface area contributed by atoms with Crippen LogP contribution in [0.25, 0.3) is 0 Å². The lowest BCUT2D eigenvalue weighted by molar-refractivity contribution is 0.314. The minimum absolute atomic E-state index is 0.199. The predicted octanol–water partition coefficient (Wildman–Crippen LogP) is 3.48. The highest BCUT2D eigenvalue weighted by molar-refractivity contribution is 7.91. The maximum atomic E-state index is 12.7. The van der Waals surface area contributed by atoms with Crippen LogP contribution in [-0.4, -0.2) is 25.3 Å². The average molecular weight is 299 g/mol. The third-order valence-corrected chi connectivity index (χ3v) is 8.03. The molecule has 2 heterocycles. The quantitative estimate of drug-likeness (QED) is 0.857. The molecule has 2 fully saturated rings. The Kier molecular flexibility index (Phi) is 3.48. The van der Waals surface area contributed by atoms with Crippen molar-refractivity contribution in [3.63, 3.8) is 0 Å². The van der Waals surface area contributed by atoms with Crippen LogP contribution in [0.3, 0.4) is 0 Å². The molecule has 106 valence electrons. The molecule has 0 bridgehead atoms. The summed E-state index contributed by atoms with van der Waals surface area (Å²) >= 11 is 1.33. The largest absolute Gasteiger partial charge is 0.252 e. The Labute approximate surface area is 119 Å². The van der Waals surface area contributed by atoms with Crippen LogP contribution in [0.4, 0.5) is 0 Å². The van der Waals surface area contributed by atoms with E-state index in [-0.39, 0.29) is 11.5 Å². The van der Waals surface area contributed by atoms with Gasteiger partial charge in [0.25, 0.3) is 10.0 Å². The van der Waals surface area contributed by atoms with Crippen molar-refractivity contribution in [2.45, 2.75) is 55.7 Å². The van der Waals surface area contributed by atoms with Crippen molar-refractivity contribution in [2.24, 2.45) is 5.41 Å². The third kappa shape index (κ3) is 2.26. The summed E-state index contributed by atoms with van der Waals surface area (Å²) in [4.78, 5) is 0. The van der Waals surface area contributed by atoms with Gasteiger partial charge in [0, 0.05) is 12.6 Å². The number of nitrogens with zero attached hydrogens (tertiary/aromatic N) is 1. The van der Waals surface area contributed by atoms with E-state index in [0.29, 0.717) is 4.21 Å². The topological polar surface area (TPSA) is 37.4 Å². The van der Waals surface area contributed by atoms with Gasteiger partial charge in [0.1, 0.15) is 4.21 Å². The number of hydrogen-bond donors (Lipinski definition) is 0. The maximum absolute atomic E-state index is 12.7. The van der Waals surface area contributed by atoms with Gasteiger partial charge in [0.05, 0.1) is 0 Å². The summed E-state index contributed by atoms with van der Waals surface area (Å²) in [6, 6.07) is 3.75. The van der Waals surface area contributed by atoms with E-state index in [1.165, 1.54) is 37.0 Å². The smallest absolute Gasteiger partial charge is 0.206 e. The van der Waals surface area contributed by atoms with Crippen molar-refractivity contribution in [1.29, 1.82) is 0 Å². The first-order valence-corrected chi connectivity index (χ1v) is 9.45. The standard InChI is InChI=1S/C14H21NO2S2/c1-2-12-10-14(7-3-4-8-14)11-15(12)19(16,17)13-6-5-9-18-13/h5-6,9,12H,2-4,7-8,10-11H2,1H3. The van der Waals surface area contributed by atoms with Gasteiger partial charge in [-0.2, -0.15) is 4.31 Å². The van der Waals surface area contributed by atoms with Gasteiger partial charge in [-0.1, -0.05) is 25.8 Å². The van der Waals surface area contributed by atoms with E-state index in [9.17, 15) is 8.42 Å². The second-order valence-electron chi connectivity index (χ2n) is 5.96. The van der Waals surface area contributed by atoms with Crippen LogP contribution in [0.2, 0.25) is 0 Å². The van der Waals surface area contributed by atoms with E-state index in [1.54, 1.807) is 10.4 Å². The molecule has 19 heavy (non-hydrogen) atoms. The molecule has 0 radical (unpaired) electrons. The Morgan fingerprint density at radius 2 is 2.16 bits per heavy atom. The van der Waals surface area contributed by atoms with Crippen molar-refractivity contribution in [1.82, 2.24) is 4.31 Å². The summed E-state index contributed by atoms with van der Waals surface area (Å²) < 4.78 is 27.8. The van der Waals surface area contributed by atoms with Gasteiger partial charge in [-0.3, -0.25) is 0 Å². The van der Waals surface area contributed by atoms with Crippen LogP contribution in [0, 0.1) is 5.41 Å². The SMILES string of the molecule is CCC1CC2(CCCC2)CN1S(=O)(=O)c1cccs1. The molecule has 1 aliphatic heterocycles. The van der Waals surface area contributed by atoms with E-state index in [0.717, 1.165) is 19.4 Å². The van der Waals surface area contributed by atoms with Crippen molar-refractivity contribution in [3.8, 4) is 0 Å². The molecule has 1 aromatic rings. The molecule has 1 saturated carbocycles. The Bertz CT molecular complexity index is 530. The van der Waals surface area contributed by atoms with Crippen molar-refractivity contribution in [2.75, 3.05) is 6.54 Å². The highest BCUT2D eigenvalue weighted by Crippen LogP contribution is 2.49. The molecule has 1 spiro atoms. The second-order valence-corrected chi connectivity index (χ2v) is 9.02. The van der Waals surface area contributed by atoms with Gasteiger partial charge in [-0.05, 0) is 42.5 Å². The summed E-state index contributed by atoms with van der Waals surface area (Å²) in [7, 11) is -3.27. The summed E-state index contributed by atoms with van der Waals surface area (Å²) in [5.41, 5.74) is 0.283. The Morgan fingerprint density at radius 3 is 2.74 bits per heavy atom. The fourth-order valence-corrected chi connectivity index (χ4v) is 6.70. The molecule has 2 aliphatic rings. The zero-order chi connectivity index (χ0) is 13.5. The highest BCUT2D eigenvalue weighted by atomic mass is 32.2. The lowest BCUT2D eigenvalue weighted by Crippen LogP contribution is -2.35. The molecule has 1 unspecified atom stereocenters. The Balaban J connectivity index is 1.91. The molecule has 3 nitrogen and oxygen atoms in total. The summed E-state index contributed by atoms with van der Waals surface area (Å²) in [6.07, 6.45) is 6.94. The van der Waals surface area contributed by atoms with Crippen LogP contribution in [0.5, 0.6) is 0 Å².